The molecule has 0 aliphatic carbocycles. The van der Waals surface area contributed by atoms with Gasteiger partial charge in [-0.1, -0.05) is 6.07 Å². The van der Waals surface area contributed by atoms with Gasteiger partial charge in [-0.2, -0.15) is 0 Å². The lowest BCUT2D eigenvalue weighted by molar-refractivity contribution is -0.384. The SMILES string of the molecule is O=C(COc1cccc([N+](=O)[O-])c1)NCc1cnc[nH]1. The van der Waals surface area contributed by atoms with Crippen molar-refractivity contribution in [3.63, 3.8) is 0 Å². The Labute approximate surface area is 113 Å². The Bertz CT molecular complexity index is 597. The van der Waals surface area contributed by atoms with E-state index >= 15 is 0 Å². The number of non-ortho nitro benzene ring substituents is 1. The summed E-state index contributed by atoms with van der Waals surface area (Å²) in [5.41, 5.74) is 0.689. The highest BCUT2D eigenvalue weighted by molar-refractivity contribution is 5.77. The molecule has 0 atom stereocenters. The summed E-state index contributed by atoms with van der Waals surface area (Å²) in [4.78, 5) is 28.3. The van der Waals surface area contributed by atoms with Crippen LogP contribution in [0.1, 0.15) is 5.69 Å². The van der Waals surface area contributed by atoms with E-state index in [2.05, 4.69) is 15.3 Å². The van der Waals surface area contributed by atoms with E-state index in [1.54, 1.807) is 12.3 Å². The van der Waals surface area contributed by atoms with Gasteiger partial charge in [-0.05, 0) is 6.07 Å². The molecule has 0 saturated heterocycles. The number of nitro benzene ring substituents is 1. The summed E-state index contributed by atoms with van der Waals surface area (Å²) in [7, 11) is 0. The van der Waals surface area contributed by atoms with E-state index in [0.29, 0.717) is 6.54 Å². The van der Waals surface area contributed by atoms with Crippen LogP contribution in [-0.2, 0) is 11.3 Å². The van der Waals surface area contributed by atoms with Crippen LogP contribution in [0.5, 0.6) is 5.75 Å². The summed E-state index contributed by atoms with van der Waals surface area (Å²) in [6, 6.07) is 5.67. The van der Waals surface area contributed by atoms with E-state index in [1.807, 2.05) is 0 Å². The number of carbonyl (C=O) groups is 1. The molecular formula is C12H12N4O4. The second-order valence-electron chi connectivity index (χ2n) is 3.90. The highest BCUT2D eigenvalue weighted by atomic mass is 16.6. The maximum Gasteiger partial charge on any atom is 0.273 e. The first-order valence-corrected chi connectivity index (χ1v) is 5.76. The molecule has 2 N–H and O–H groups in total. The number of aromatic amines is 1. The van der Waals surface area contributed by atoms with E-state index in [9.17, 15) is 14.9 Å². The third kappa shape index (κ3) is 3.80. The van der Waals surface area contributed by atoms with Crippen LogP contribution in [-0.4, -0.2) is 27.4 Å². The Morgan fingerprint density at radius 1 is 1.50 bits per heavy atom. The first kappa shape index (κ1) is 13.5. The van der Waals surface area contributed by atoms with Gasteiger partial charge in [-0.15, -0.1) is 0 Å². The summed E-state index contributed by atoms with van der Waals surface area (Å²) in [6.07, 6.45) is 3.11. The molecule has 1 aromatic heterocycles. The smallest absolute Gasteiger partial charge is 0.273 e. The maximum atomic E-state index is 11.5. The van der Waals surface area contributed by atoms with Gasteiger partial charge in [-0.3, -0.25) is 14.9 Å². The van der Waals surface area contributed by atoms with Gasteiger partial charge in [0.15, 0.2) is 6.61 Å². The fourth-order valence-corrected chi connectivity index (χ4v) is 1.46. The number of nitro groups is 1. The van der Waals surface area contributed by atoms with Gasteiger partial charge in [0.05, 0.1) is 29.6 Å². The molecule has 20 heavy (non-hydrogen) atoms. The van der Waals surface area contributed by atoms with Crippen molar-refractivity contribution in [2.75, 3.05) is 6.61 Å². The minimum absolute atomic E-state index is 0.0830. The summed E-state index contributed by atoms with van der Waals surface area (Å²) in [5.74, 6) is -0.0537. The molecule has 0 fully saturated rings. The molecule has 2 rings (SSSR count). The number of hydrogen-bond acceptors (Lipinski definition) is 5. The van der Waals surface area contributed by atoms with Crippen molar-refractivity contribution in [1.82, 2.24) is 15.3 Å². The van der Waals surface area contributed by atoms with Crippen LogP contribution in [0.4, 0.5) is 5.69 Å². The first-order chi connectivity index (χ1) is 9.65. The van der Waals surface area contributed by atoms with Gasteiger partial charge < -0.3 is 15.0 Å². The third-order valence-corrected chi connectivity index (χ3v) is 2.43. The van der Waals surface area contributed by atoms with Crippen LogP contribution in [0, 0.1) is 10.1 Å². The summed E-state index contributed by atoms with van der Waals surface area (Å²) in [5, 5.41) is 13.2. The molecule has 104 valence electrons. The fraction of sp³-hybridized carbons (Fsp3) is 0.167. The van der Waals surface area contributed by atoms with Crippen molar-refractivity contribution in [3.8, 4) is 5.75 Å². The minimum atomic E-state index is -0.523. The van der Waals surface area contributed by atoms with Gasteiger partial charge in [0.2, 0.25) is 0 Å². The maximum absolute atomic E-state index is 11.5. The summed E-state index contributed by atoms with van der Waals surface area (Å²) >= 11 is 0. The van der Waals surface area contributed by atoms with Gasteiger partial charge in [0.1, 0.15) is 5.75 Å². The molecule has 0 aliphatic heterocycles. The second-order valence-corrected chi connectivity index (χ2v) is 3.90. The molecule has 1 aromatic carbocycles. The lowest BCUT2D eigenvalue weighted by Gasteiger charge is -2.06. The highest BCUT2D eigenvalue weighted by Gasteiger charge is 2.08. The number of rotatable bonds is 6. The molecule has 0 bridgehead atoms. The van der Waals surface area contributed by atoms with E-state index < -0.39 is 4.92 Å². The van der Waals surface area contributed by atoms with E-state index in [1.165, 1.54) is 24.5 Å². The molecule has 1 amide bonds. The normalized spacial score (nSPS) is 10.0. The van der Waals surface area contributed by atoms with Gasteiger partial charge >= 0.3 is 0 Å². The highest BCUT2D eigenvalue weighted by Crippen LogP contribution is 2.18. The Kier molecular flexibility index (Phi) is 4.28. The first-order valence-electron chi connectivity index (χ1n) is 5.76. The number of nitrogens with one attached hydrogen (secondary N) is 2. The van der Waals surface area contributed by atoms with E-state index in [4.69, 9.17) is 4.74 Å². The number of ether oxygens (including phenoxy) is 1. The Morgan fingerprint density at radius 3 is 3.05 bits per heavy atom. The standard InChI is InChI=1S/C12H12N4O4/c17-12(14-6-9-5-13-8-15-9)7-20-11-3-1-2-10(4-11)16(18)19/h1-5,8H,6-7H2,(H,13,15)(H,14,17). The molecule has 0 radical (unpaired) electrons. The molecule has 8 heteroatoms. The van der Waals surface area contributed by atoms with Gasteiger partial charge in [-0.25, -0.2) is 4.98 Å². The summed E-state index contributed by atoms with van der Waals surface area (Å²) < 4.78 is 5.19. The molecule has 2 aromatic rings. The van der Waals surface area contributed by atoms with Crippen LogP contribution in [0.3, 0.4) is 0 Å². The van der Waals surface area contributed by atoms with E-state index in [-0.39, 0.29) is 24.0 Å². The third-order valence-electron chi connectivity index (χ3n) is 2.43. The van der Waals surface area contributed by atoms with Crippen molar-refractivity contribution in [2.45, 2.75) is 6.54 Å². The lowest BCUT2D eigenvalue weighted by Crippen LogP contribution is -2.28. The number of H-pyrrole nitrogens is 1. The number of hydrogen-bond donors (Lipinski definition) is 2. The molecule has 0 unspecified atom stereocenters. The average Bonchev–Trinajstić information content (AvgIpc) is 2.96. The average molecular weight is 276 g/mol. The van der Waals surface area contributed by atoms with Crippen LogP contribution in [0.25, 0.3) is 0 Å². The number of amides is 1. The molecule has 0 aliphatic rings. The fourth-order valence-electron chi connectivity index (χ4n) is 1.46. The number of carbonyl (C=O) groups excluding carboxylic acids is 1. The quantitative estimate of drug-likeness (QED) is 0.604. The Balaban J connectivity index is 1.81. The van der Waals surface area contributed by atoms with E-state index in [0.717, 1.165) is 5.69 Å². The van der Waals surface area contributed by atoms with Crippen molar-refractivity contribution in [1.29, 1.82) is 0 Å². The zero-order valence-corrected chi connectivity index (χ0v) is 10.4. The largest absolute Gasteiger partial charge is 0.484 e. The zero-order chi connectivity index (χ0) is 14.4. The zero-order valence-electron chi connectivity index (χ0n) is 10.4. The number of nitrogens with zero attached hydrogens (tertiary/aromatic N) is 2. The van der Waals surface area contributed by atoms with Crippen LogP contribution in [0.15, 0.2) is 36.8 Å². The molecular weight excluding hydrogens is 264 g/mol. The van der Waals surface area contributed by atoms with Crippen LogP contribution in [0.2, 0.25) is 0 Å². The molecule has 1 heterocycles. The second kappa shape index (κ2) is 6.32. The monoisotopic (exact) mass is 276 g/mol. The van der Waals surface area contributed by atoms with Crippen LogP contribution < -0.4 is 10.1 Å². The predicted molar refractivity (Wildman–Crippen MR) is 69.0 cm³/mol. The summed E-state index contributed by atoms with van der Waals surface area (Å²) in [6.45, 7) is 0.104. The Hall–Kier alpha value is -2.90. The molecule has 0 saturated carbocycles. The minimum Gasteiger partial charge on any atom is -0.484 e. The van der Waals surface area contributed by atoms with Crippen LogP contribution >= 0.6 is 0 Å². The lowest BCUT2D eigenvalue weighted by atomic mass is 10.3. The van der Waals surface area contributed by atoms with Crippen molar-refractivity contribution in [2.24, 2.45) is 0 Å². The molecule has 0 spiro atoms. The van der Waals surface area contributed by atoms with Gasteiger partial charge in [0, 0.05) is 12.3 Å². The van der Waals surface area contributed by atoms with Gasteiger partial charge in [0.25, 0.3) is 11.6 Å². The van der Waals surface area contributed by atoms with Crippen molar-refractivity contribution < 1.29 is 14.5 Å². The predicted octanol–water partition coefficient (Wildman–Crippen LogP) is 1.01. The van der Waals surface area contributed by atoms with Crippen molar-refractivity contribution in [3.05, 3.63) is 52.6 Å². The number of imidazole rings is 1. The molecule has 8 nitrogen and oxygen atoms in total. The number of aromatic nitrogens is 2. The number of benzene rings is 1. The Morgan fingerprint density at radius 2 is 2.35 bits per heavy atom. The topological polar surface area (TPSA) is 110 Å². The van der Waals surface area contributed by atoms with Crippen molar-refractivity contribution >= 4 is 11.6 Å².